The predicted octanol–water partition coefficient (Wildman–Crippen LogP) is 2.66. The Balaban J connectivity index is 2.02. The summed E-state index contributed by atoms with van der Waals surface area (Å²) in [5.74, 6) is -1.34. The minimum atomic E-state index is -0.989. The highest BCUT2D eigenvalue weighted by atomic mass is 32.1. The second-order valence-corrected chi connectivity index (χ2v) is 6.07. The fourth-order valence-electron chi connectivity index (χ4n) is 2.31. The molecule has 1 N–H and O–H groups in total. The zero-order chi connectivity index (χ0) is 16.6. The normalized spacial score (nSPS) is 17.4. The number of ketones is 1. The number of rotatable bonds is 3. The topological polar surface area (TPSA) is 92.1 Å². The van der Waals surface area contributed by atoms with Crippen molar-refractivity contribution in [3.05, 3.63) is 39.8 Å². The van der Waals surface area contributed by atoms with Crippen LogP contribution in [0.3, 0.4) is 0 Å². The summed E-state index contributed by atoms with van der Waals surface area (Å²) in [5, 5.41) is 14.4. The van der Waals surface area contributed by atoms with Crippen LogP contribution >= 0.6 is 11.3 Å². The average Bonchev–Trinajstić information content (AvgIpc) is 2.95. The molecule has 0 unspecified atom stereocenters. The number of carbonyl (C=O) groups excluding carboxylic acids is 2. The smallest absolute Gasteiger partial charge is 0.265 e. The summed E-state index contributed by atoms with van der Waals surface area (Å²) >= 11 is 1.28. The number of aromatic nitrogens is 1. The van der Waals surface area contributed by atoms with Gasteiger partial charge in [-0.15, -0.1) is 11.3 Å². The van der Waals surface area contributed by atoms with Gasteiger partial charge in [-0.25, -0.2) is 4.98 Å². The van der Waals surface area contributed by atoms with Crippen LogP contribution in [0, 0.1) is 18.3 Å². The maximum atomic E-state index is 12.8. The number of nitrogens with one attached hydrogen (secondary N) is 1. The fraction of sp³-hybridized carbons (Fsp3) is 0.250. The van der Waals surface area contributed by atoms with Crippen molar-refractivity contribution in [1.29, 1.82) is 5.26 Å². The van der Waals surface area contributed by atoms with Crippen LogP contribution in [-0.2, 0) is 4.79 Å². The van der Waals surface area contributed by atoms with E-state index in [1.807, 2.05) is 13.0 Å². The van der Waals surface area contributed by atoms with Crippen LogP contribution in [0.5, 0.6) is 5.75 Å². The van der Waals surface area contributed by atoms with Crippen molar-refractivity contribution in [3.8, 4) is 11.8 Å². The van der Waals surface area contributed by atoms with Gasteiger partial charge in [0.1, 0.15) is 5.01 Å². The maximum absolute atomic E-state index is 12.8. The van der Waals surface area contributed by atoms with Crippen LogP contribution in [0.4, 0.5) is 5.69 Å². The molecule has 0 spiro atoms. The number of thiazole rings is 1. The van der Waals surface area contributed by atoms with E-state index < -0.39 is 12.0 Å². The fourth-order valence-corrected chi connectivity index (χ4v) is 3.14. The van der Waals surface area contributed by atoms with E-state index in [2.05, 4.69) is 10.3 Å². The number of hydrogen-bond donors (Lipinski definition) is 1. The minimum Gasteiger partial charge on any atom is -0.478 e. The molecule has 3 rings (SSSR count). The third kappa shape index (κ3) is 2.69. The van der Waals surface area contributed by atoms with Crippen LogP contribution in [-0.4, -0.2) is 22.8 Å². The number of amides is 1. The lowest BCUT2D eigenvalue weighted by Gasteiger charge is -2.25. The van der Waals surface area contributed by atoms with Gasteiger partial charge in [-0.1, -0.05) is 6.07 Å². The Kier molecular flexibility index (Phi) is 3.84. The molecule has 2 aromatic rings. The molecule has 0 bridgehead atoms. The molecule has 6 nitrogen and oxygen atoms in total. The zero-order valence-corrected chi connectivity index (χ0v) is 13.3. The van der Waals surface area contributed by atoms with Crippen LogP contribution in [0.1, 0.15) is 33.9 Å². The lowest BCUT2D eigenvalue weighted by molar-refractivity contribution is -0.122. The first-order valence-corrected chi connectivity index (χ1v) is 7.85. The lowest BCUT2D eigenvalue weighted by Crippen LogP contribution is -2.35. The van der Waals surface area contributed by atoms with Gasteiger partial charge in [0, 0.05) is 11.1 Å². The van der Waals surface area contributed by atoms with E-state index in [4.69, 9.17) is 4.74 Å². The molecule has 1 aliphatic rings. The van der Waals surface area contributed by atoms with Crippen LogP contribution in [0.2, 0.25) is 0 Å². The first kappa shape index (κ1) is 15.2. The molecule has 0 radical (unpaired) electrons. The van der Waals surface area contributed by atoms with Crippen molar-refractivity contribution in [1.82, 2.24) is 4.98 Å². The van der Waals surface area contributed by atoms with E-state index in [9.17, 15) is 14.9 Å². The van der Waals surface area contributed by atoms with Crippen molar-refractivity contribution in [3.63, 3.8) is 0 Å². The third-order valence-corrected chi connectivity index (χ3v) is 4.50. The molecule has 2 heterocycles. The molecular formula is C16H13N3O3S. The highest BCUT2D eigenvalue weighted by Gasteiger charge is 2.32. The number of Topliss-reactive ketones (excluding diaryl/α,β-unsaturated/α-hetero) is 1. The predicted molar refractivity (Wildman–Crippen MR) is 84.7 cm³/mol. The molecule has 2 atom stereocenters. The quantitative estimate of drug-likeness (QED) is 0.875. The Hall–Kier alpha value is -2.72. The SMILES string of the molecule is Cc1csc([C@@H](C#N)C(=O)c2cccc3c2O[C@H](C)C(=O)N3)n1. The van der Waals surface area contributed by atoms with Gasteiger partial charge < -0.3 is 10.1 Å². The van der Waals surface area contributed by atoms with Gasteiger partial charge in [0.15, 0.2) is 23.6 Å². The van der Waals surface area contributed by atoms with Gasteiger partial charge in [0.05, 0.1) is 17.3 Å². The Morgan fingerprint density at radius 1 is 1.52 bits per heavy atom. The average molecular weight is 327 g/mol. The van der Waals surface area contributed by atoms with E-state index in [0.29, 0.717) is 16.4 Å². The van der Waals surface area contributed by atoms with Gasteiger partial charge in [0.2, 0.25) is 0 Å². The van der Waals surface area contributed by atoms with E-state index in [-0.39, 0.29) is 17.3 Å². The minimum absolute atomic E-state index is 0.269. The molecule has 1 amide bonds. The number of aryl methyl sites for hydroxylation is 1. The number of para-hydroxylation sites is 1. The molecule has 0 saturated carbocycles. The molecule has 23 heavy (non-hydrogen) atoms. The molecule has 1 aliphatic heterocycles. The second-order valence-electron chi connectivity index (χ2n) is 5.19. The molecule has 116 valence electrons. The van der Waals surface area contributed by atoms with Gasteiger partial charge >= 0.3 is 0 Å². The molecule has 0 saturated heterocycles. The van der Waals surface area contributed by atoms with Gasteiger partial charge in [0.25, 0.3) is 5.91 Å². The van der Waals surface area contributed by atoms with E-state index in [1.54, 1.807) is 30.5 Å². The maximum Gasteiger partial charge on any atom is 0.265 e. The largest absolute Gasteiger partial charge is 0.478 e. The number of nitriles is 1. The van der Waals surface area contributed by atoms with E-state index in [1.165, 1.54) is 11.3 Å². The van der Waals surface area contributed by atoms with Crippen molar-refractivity contribution in [2.45, 2.75) is 25.9 Å². The number of nitrogens with zero attached hydrogens (tertiary/aromatic N) is 2. The number of benzene rings is 1. The van der Waals surface area contributed by atoms with Crippen LogP contribution < -0.4 is 10.1 Å². The molecule has 1 aromatic heterocycles. The van der Waals surface area contributed by atoms with Gasteiger partial charge in [-0.2, -0.15) is 5.26 Å². The van der Waals surface area contributed by atoms with Crippen LogP contribution in [0.15, 0.2) is 23.6 Å². The Labute approximate surface area is 136 Å². The summed E-state index contributed by atoms with van der Waals surface area (Å²) in [4.78, 5) is 28.7. The Bertz CT molecular complexity index is 837. The highest BCUT2D eigenvalue weighted by Crippen LogP contribution is 2.36. The van der Waals surface area contributed by atoms with Gasteiger partial charge in [-0.3, -0.25) is 9.59 Å². The van der Waals surface area contributed by atoms with Crippen molar-refractivity contribution >= 4 is 28.7 Å². The summed E-state index contributed by atoms with van der Waals surface area (Å²) in [6.45, 7) is 3.41. The Morgan fingerprint density at radius 2 is 2.30 bits per heavy atom. The molecule has 7 heteroatoms. The van der Waals surface area contributed by atoms with E-state index >= 15 is 0 Å². The summed E-state index contributed by atoms with van der Waals surface area (Å²) in [7, 11) is 0. The van der Waals surface area contributed by atoms with Crippen molar-refractivity contribution < 1.29 is 14.3 Å². The molecule has 1 aromatic carbocycles. The summed E-state index contributed by atoms with van der Waals surface area (Å²) in [6.07, 6.45) is -0.695. The van der Waals surface area contributed by atoms with Crippen LogP contribution in [0.25, 0.3) is 0 Å². The summed E-state index contributed by atoms with van der Waals surface area (Å²) in [6, 6.07) is 6.91. The molecule has 0 fully saturated rings. The van der Waals surface area contributed by atoms with Gasteiger partial charge in [-0.05, 0) is 26.0 Å². The lowest BCUT2D eigenvalue weighted by atomic mass is 9.97. The monoisotopic (exact) mass is 327 g/mol. The number of ether oxygens (including phenoxy) is 1. The standard InChI is InChI=1S/C16H13N3O3S/c1-8-7-23-16(18-8)11(6-17)13(20)10-4-3-5-12-14(10)22-9(2)15(21)19-12/h3-5,7,9,11H,1-2H3,(H,19,21)/t9-,11+/m1/s1. The van der Waals surface area contributed by atoms with E-state index in [0.717, 1.165) is 5.69 Å². The number of fused-ring (bicyclic) bond motifs is 1. The number of carbonyl (C=O) groups is 2. The summed E-state index contributed by atoms with van der Waals surface area (Å²) < 4.78 is 5.57. The molecule has 0 aliphatic carbocycles. The van der Waals surface area contributed by atoms with Crippen molar-refractivity contribution in [2.24, 2.45) is 0 Å². The zero-order valence-electron chi connectivity index (χ0n) is 12.5. The molecular weight excluding hydrogens is 314 g/mol. The highest BCUT2D eigenvalue weighted by molar-refractivity contribution is 7.10. The first-order chi connectivity index (χ1) is 11.0. The number of hydrogen-bond acceptors (Lipinski definition) is 6. The Morgan fingerprint density at radius 3 is 2.96 bits per heavy atom. The third-order valence-electron chi connectivity index (χ3n) is 3.48. The van der Waals surface area contributed by atoms with Crippen molar-refractivity contribution in [2.75, 3.05) is 5.32 Å². The number of anilines is 1. The summed E-state index contributed by atoms with van der Waals surface area (Å²) in [5.41, 5.74) is 1.48. The second kappa shape index (κ2) is 5.82. The first-order valence-electron chi connectivity index (χ1n) is 6.97.